The molecule has 90 heavy (non-hydrogen) atoms. The second-order valence-electron chi connectivity index (χ2n) is 23.7. The van der Waals surface area contributed by atoms with Crippen molar-refractivity contribution in [3.05, 3.63) is 356 Å². The summed E-state index contributed by atoms with van der Waals surface area (Å²) in [6, 6.07) is 105. The molecule has 0 amide bonds. The Morgan fingerprint density at radius 1 is 0.244 bits per heavy atom. The lowest BCUT2D eigenvalue weighted by Gasteiger charge is -2.49. The molecule has 4 nitrogen and oxygen atoms in total. The van der Waals surface area contributed by atoms with Crippen LogP contribution in [0.15, 0.2) is 320 Å². The van der Waals surface area contributed by atoms with E-state index in [2.05, 4.69) is 259 Å². The summed E-state index contributed by atoms with van der Waals surface area (Å²) in [5, 5.41) is 2.97. The molecule has 0 fully saturated rings. The summed E-state index contributed by atoms with van der Waals surface area (Å²) < 4.78 is 3.88. The molecule has 4 aliphatic heterocycles. The first-order valence-electron chi connectivity index (χ1n) is 30.3. The van der Waals surface area contributed by atoms with Gasteiger partial charge in [0.2, 0.25) is 0 Å². The van der Waals surface area contributed by atoms with Gasteiger partial charge in [-0.25, -0.2) is 0 Å². The van der Waals surface area contributed by atoms with Gasteiger partial charge in [-0.3, -0.25) is 9.59 Å². The molecule has 0 unspecified atom stereocenters. The van der Waals surface area contributed by atoms with E-state index in [9.17, 15) is 9.59 Å². The van der Waals surface area contributed by atoms with Crippen molar-refractivity contribution in [3.8, 4) is 22.3 Å². The number of benzene rings is 13. The maximum Gasteiger partial charge on any atom is 0.195 e. The number of nitrogens with zero attached hydrogens (tertiary/aromatic N) is 2. The highest BCUT2D eigenvalue weighted by Crippen LogP contribution is 2.65. The van der Waals surface area contributed by atoms with Crippen molar-refractivity contribution in [2.24, 2.45) is 0 Å². The van der Waals surface area contributed by atoms with E-state index in [1.807, 2.05) is 66.0 Å². The highest BCUT2D eigenvalue weighted by Gasteiger charge is 2.52. The molecule has 8 heteroatoms. The number of rotatable bonds is 4. The van der Waals surface area contributed by atoms with E-state index in [0.29, 0.717) is 0 Å². The molecule has 0 atom stereocenters. The summed E-state index contributed by atoms with van der Waals surface area (Å²) in [4.78, 5) is 38.1. The summed E-state index contributed by atoms with van der Waals surface area (Å²) in [5.74, 6) is 0. The molecule has 2 spiro atoms. The Balaban J connectivity index is 0.710. The maximum absolute atomic E-state index is 14.8. The first kappa shape index (κ1) is 51.9. The molecular weight excluding hydrogens is 1170 g/mol. The van der Waals surface area contributed by atoms with Gasteiger partial charge in [0.1, 0.15) is 0 Å². The van der Waals surface area contributed by atoms with Gasteiger partial charge in [0, 0.05) is 71.3 Å². The van der Waals surface area contributed by atoms with E-state index >= 15 is 0 Å². The molecule has 19 rings (SSSR count). The fourth-order valence-electron chi connectivity index (χ4n) is 15.4. The zero-order valence-electron chi connectivity index (χ0n) is 48.1. The molecule has 0 aliphatic carbocycles. The van der Waals surface area contributed by atoms with Crippen LogP contribution in [0.2, 0.25) is 0 Å². The lowest BCUT2D eigenvalue weighted by atomic mass is 9.62. The van der Waals surface area contributed by atoms with Crippen LogP contribution < -0.4 is 20.7 Å². The van der Waals surface area contributed by atoms with Gasteiger partial charge in [0.15, 0.2) is 10.9 Å². The lowest BCUT2D eigenvalue weighted by Crippen LogP contribution is -2.39. The average Bonchev–Trinajstić information content (AvgIpc) is 0.692. The van der Waals surface area contributed by atoms with Gasteiger partial charge in [0.05, 0.1) is 33.6 Å². The van der Waals surface area contributed by atoms with Crippen LogP contribution in [0.5, 0.6) is 0 Å². The van der Waals surface area contributed by atoms with E-state index in [1.54, 1.807) is 22.7 Å². The van der Waals surface area contributed by atoms with Crippen LogP contribution in [0.4, 0.5) is 34.1 Å². The highest BCUT2D eigenvalue weighted by atomic mass is 32.2. The summed E-state index contributed by atoms with van der Waals surface area (Å²) in [5.41, 5.74) is 19.8. The van der Waals surface area contributed by atoms with E-state index in [-0.39, 0.29) is 10.9 Å². The molecule has 0 saturated heterocycles. The molecule has 0 N–H and O–H groups in total. The Morgan fingerprint density at radius 2 is 0.578 bits per heavy atom. The van der Waals surface area contributed by atoms with Crippen molar-refractivity contribution in [2.75, 3.05) is 9.80 Å². The number of anilines is 6. The van der Waals surface area contributed by atoms with Crippen molar-refractivity contribution >= 4 is 121 Å². The molecule has 4 aliphatic rings. The van der Waals surface area contributed by atoms with Gasteiger partial charge >= 0.3 is 0 Å². The molecule has 0 radical (unpaired) electrons. The zero-order valence-corrected chi connectivity index (χ0v) is 51.3. The quantitative estimate of drug-likeness (QED) is 0.164. The Bertz CT molecular complexity index is 5590. The molecule has 422 valence electrons. The molecule has 2 aromatic heterocycles. The predicted molar refractivity (Wildman–Crippen MR) is 377 cm³/mol. The second kappa shape index (κ2) is 19.7. The van der Waals surface area contributed by atoms with Crippen molar-refractivity contribution in [3.63, 3.8) is 0 Å². The van der Waals surface area contributed by atoms with Crippen molar-refractivity contribution in [1.29, 1.82) is 0 Å². The molecule has 15 aromatic rings. The van der Waals surface area contributed by atoms with Crippen LogP contribution in [0.3, 0.4) is 0 Å². The van der Waals surface area contributed by atoms with Crippen LogP contribution >= 0.6 is 46.2 Å². The van der Waals surface area contributed by atoms with Crippen molar-refractivity contribution in [1.82, 2.24) is 0 Å². The number of hydrogen-bond acceptors (Lipinski definition) is 8. The first-order valence-corrected chi connectivity index (χ1v) is 33.5. The van der Waals surface area contributed by atoms with Crippen LogP contribution in [0.1, 0.15) is 44.5 Å². The molecule has 13 aromatic carbocycles. The molecule has 0 saturated carbocycles. The van der Waals surface area contributed by atoms with Crippen molar-refractivity contribution < 1.29 is 0 Å². The fraction of sp³-hybridized carbons (Fsp3) is 0.0244. The first-order chi connectivity index (χ1) is 44.4. The third-order valence-corrected chi connectivity index (χ3v) is 23.7. The third kappa shape index (κ3) is 7.27. The zero-order chi connectivity index (χ0) is 59.4. The predicted octanol–water partition coefficient (Wildman–Crippen LogP) is 21.7. The normalized spacial score (nSPS) is 14.4. The summed E-state index contributed by atoms with van der Waals surface area (Å²) in [7, 11) is 0. The lowest BCUT2D eigenvalue weighted by molar-refractivity contribution is 0.692. The van der Waals surface area contributed by atoms with Gasteiger partial charge in [-0.15, -0.1) is 22.7 Å². The highest BCUT2D eigenvalue weighted by molar-refractivity contribution is 7.99. The number of fused-ring (bicyclic) bond motifs is 20. The minimum atomic E-state index is -0.643. The van der Waals surface area contributed by atoms with E-state index in [1.165, 1.54) is 64.1 Å². The Kier molecular flexibility index (Phi) is 11.4. The van der Waals surface area contributed by atoms with E-state index in [4.69, 9.17) is 0 Å². The second-order valence-corrected chi connectivity index (χ2v) is 28.0. The molecular formula is C82H48N2O2S4. The Morgan fingerprint density at radius 3 is 1.10 bits per heavy atom. The molecule has 0 bridgehead atoms. The van der Waals surface area contributed by atoms with Crippen LogP contribution in [-0.4, -0.2) is 0 Å². The van der Waals surface area contributed by atoms with Crippen LogP contribution in [-0.2, 0) is 10.8 Å². The van der Waals surface area contributed by atoms with Gasteiger partial charge in [-0.2, -0.15) is 0 Å². The summed E-state index contributed by atoms with van der Waals surface area (Å²) >= 11 is 7.05. The smallest absolute Gasteiger partial charge is 0.195 e. The van der Waals surface area contributed by atoms with Gasteiger partial charge in [0.25, 0.3) is 0 Å². The van der Waals surface area contributed by atoms with Gasteiger partial charge in [-0.05, 0) is 182 Å². The van der Waals surface area contributed by atoms with Crippen LogP contribution in [0, 0.1) is 0 Å². The van der Waals surface area contributed by atoms with Gasteiger partial charge in [-0.1, -0.05) is 199 Å². The monoisotopic (exact) mass is 1220 g/mol. The Hall–Kier alpha value is -10.1. The standard InChI is InChI=1S/C82H48N2O2S4/c85-79-55-17-1-13-29-71(55)87-75-45-50(35-41-56(75)79)49-33-38-53(39-34-49)83-67-25-9-2-18-59(67)82(60-19-3-10-26-68(60)83)65-24-8-16-32-74(65)89-78-47-52(37-44-66(78)82)51-36-42-57-76(46-51)90-77-48-54(40-43-58(77)80(57)86)84-69-27-11-4-20-61(69)81(62-21-5-12-28-70(62)84)63-22-6-14-30-72(63)88-73-31-15-7-23-64(73)81/h1-48H. The largest absolute Gasteiger partial charge is 0.310 e. The topological polar surface area (TPSA) is 40.6 Å². The summed E-state index contributed by atoms with van der Waals surface area (Å²) in [6.07, 6.45) is 0. The number of para-hydroxylation sites is 4. The SMILES string of the molecule is O=c1c2ccccc2sc2cc(-c3ccc(N4c5ccccc5C5(c6ccccc6Sc6cc(-c7ccc8c(=O)c9ccc(N%10c%11ccccc%11C%11(c%12ccccc%12Sc%12ccccc%12%11)c%11ccccc%11%10)cc9sc8c7)ccc65)c5ccccc54)cc3)ccc12. The maximum atomic E-state index is 14.8. The third-order valence-electron chi connectivity index (χ3n) is 19.2. The average molecular weight is 1220 g/mol. The van der Waals surface area contributed by atoms with E-state index < -0.39 is 10.8 Å². The Labute approximate surface area is 535 Å². The number of hydrogen-bond donors (Lipinski definition) is 0. The minimum Gasteiger partial charge on any atom is -0.310 e. The molecule has 6 heterocycles. The van der Waals surface area contributed by atoms with Crippen molar-refractivity contribution in [2.45, 2.75) is 30.4 Å². The van der Waals surface area contributed by atoms with E-state index in [0.717, 1.165) is 96.7 Å². The van der Waals surface area contributed by atoms with Gasteiger partial charge < -0.3 is 9.80 Å². The minimum absolute atomic E-state index is 0.0430. The van der Waals surface area contributed by atoms with Crippen LogP contribution in [0.25, 0.3) is 62.6 Å². The summed E-state index contributed by atoms with van der Waals surface area (Å²) in [6.45, 7) is 0. The fourth-order valence-corrected chi connectivity index (χ4v) is 20.1.